The zero-order chi connectivity index (χ0) is 11.8. The average Bonchev–Trinajstić information content (AvgIpc) is 3.00. The van der Waals surface area contributed by atoms with E-state index in [4.69, 9.17) is 5.73 Å². The van der Waals surface area contributed by atoms with Gasteiger partial charge in [0.25, 0.3) is 0 Å². The summed E-state index contributed by atoms with van der Waals surface area (Å²) in [7, 11) is 0. The quantitative estimate of drug-likeness (QED) is 0.819. The lowest BCUT2D eigenvalue weighted by atomic mass is 9.86. The summed E-state index contributed by atoms with van der Waals surface area (Å²) in [5.74, 6) is 0.900. The molecule has 0 spiro atoms. The highest BCUT2D eigenvalue weighted by Gasteiger charge is 2.24. The molecule has 0 radical (unpaired) electrons. The standard InChI is InChI=1S/C15H23N/c1-15(2,3)13-8-6-12(7-9-13)14(16)10-11-4-5-11/h6-9,11,14H,4-5,10,16H2,1-3H3/t14-/m0/s1. The summed E-state index contributed by atoms with van der Waals surface area (Å²) in [6.45, 7) is 6.73. The van der Waals surface area contributed by atoms with Crippen molar-refractivity contribution in [2.24, 2.45) is 11.7 Å². The molecule has 88 valence electrons. The summed E-state index contributed by atoms with van der Waals surface area (Å²) in [6.07, 6.45) is 3.93. The van der Waals surface area contributed by atoms with Gasteiger partial charge in [0.15, 0.2) is 0 Å². The van der Waals surface area contributed by atoms with Crippen LogP contribution < -0.4 is 5.73 Å². The van der Waals surface area contributed by atoms with Crippen LogP contribution in [0.5, 0.6) is 0 Å². The van der Waals surface area contributed by atoms with Crippen LogP contribution in [-0.2, 0) is 5.41 Å². The number of hydrogen-bond acceptors (Lipinski definition) is 1. The maximum Gasteiger partial charge on any atom is 0.0297 e. The Morgan fingerprint density at radius 1 is 1.19 bits per heavy atom. The molecule has 1 aromatic rings. The largest absolute Gasteiger partial charge is 0.324 e. The monoisotopic (exact) mass is 217 g/mol. The van der Waals surface area contributed by atoms with Crippen LogP contribution in [-0.4, -0.2) is 0 Å². The molecule has 16 heavy (non-hydrogen) atoms. The SMILES string of the molecule is CC(C)(C)c1ccc([C@@H](N)CC2CC2)cc1. The van der Waals surface area contributed by atoms with E-state index in [1.165, 1.54) is 24.0 Å². The summed E-state index contributed by atoms with van der Waals surface area (Å²) in [6, 6.07) is 9.09. The summed E-state index contributed by atoms with van der Waals surface area (Å²) in [4.78, 5) is 0. The predicted molar refractivity (Wildman–Crippen MR) is 69.4 cm³/mol. The van der Waals surface area contributed by atoms with Gasteiger partial charge in [0, 0.05) is 6.04 Å². The van der Waals surface area contributed by atoms with E-state index in [1.807, 2.05) is 0 Å². The van der Waals surface area contributed by atoms with Crippen molar-refractivity contribution in [3.05, 3.63) is 35.4 Å². The Hall–Kier alpha value is -0.820. The Bertz CT molecular complexity index is 341. The van der Waals surface area contributed by atoms with Crippen LogP contribution in [0.1, 0.15) is 57.2 Å². The molecule has 1 aromatic carbocycles. The van der Waals surface area contributed by atoms with E-state index in [0.29, 0.717) is 0 Å². The van der Waals surface area contributed by atoms with Crippen LogP contribution in [0.4, 0.5) is 0 Å². The Labute approximate surface area is 99.0 Å². The van der Waals surface area contributed by atoms with E-state index >= 15 is 0 Å². The molecule has 2 rings (SSSR count). The fraction of sp³-hybridized carbons (Fsp3) is 0.600. The molecule has 1 saturated carbocycles. The first-order chi connectivity index (χ1) is 7.47. The van der Waals surface area contributed by atoms with Crippen molar-refractivity contribution in [3.63, 3.8) is 0 Å². The molecular weight excluding hydrogens is 194 g/mol. The number of hydrogen-bond donors (Lipinski definition) is 1. The van der Waals surface area contributed by atoms with Gasteiger partial charge in [0.05, 0.1) is 0 Å². The molecule has 0 aliphatic heterocycles. The third-order valence-electron chi connectivity index (χ3n) is 3.49. The number of nitrogens with two attached hydrogens (primary N) is 1. The molecule has 0 saturated heterocycles. The lowest BCUT2D eigenvalue weighted by Gasteiger charge is -2.20. The highest BCUT2D eigenvalue weighted by atomic mass is 14.6. The molecular formula is C15H23N. The van der Waals surface area contributed by atoms with Crippen molar-refractivity contribution in [3.8, 4) is 0 Å². The second-order valence-corrected chi connectivity index (χ2v) is 6.16. The maximum atomic E-state index is 6.20. The first kappa shape index (κ1) is 11.7. The minimum absolute atomic E-state index is 0.235. The van der Waals surface area contributed by atoms with Gasteiger partial charge < -0.3 is 5.73 Å². The zero-order valence-electron chi connectivity index (χ0n) is 10.7. The molecule has 0 unspecified atom stereocenters. The highest BCUT2D eigenvalue weighted by molar-refractivity contribution is 5.29. The highest BCUT2D eigenvalue weighted by Crippen LogP contribution is 2.37. The van der Waals surface area contributed by atoms with Crippen molar-refractivity contribution in [1.82, 2.24) is 0 Å². The Balaban J connectivity index is 2.05. The molecule has 1 aliphatic rings. The van der Waals surface area contributed by atoms with E-state index < -0.39 is 0 Å². The molecule has 0 bridgehead atoms. The van der Waals surface area contributed by atoms with Crippen molar-refractivity contribution in [1.29, 1.82) is 0 Å². The molecule has 1 aliphatic carbocycles. The van der Waals surface area contributed by atoms with Gasteiger partial charge in [-0.25, -0.2) is 0 Å². The topological polar surface area (TPSA) is 26.0 Å². The second-order valence-electron chi connectivity index (χ2n) is 6.16. The molecule has 1 nitrogen and oxygen atoms in total. The third-order valence-corrected chi connectivity index (χ3v) is 3.49. The van der Waals surface area contributed by atoms with Gasteiger partial charge in [-0.2, -0.15) is 0 Å². The first-order valence-electron chi connectivity index (χ1n) is 6.33. The number of benzene rings is 1. The van der Waals surface area contributed by atoms with Gasteiger partial charge in [0.2, 0.25) is 0 Å². The molecule has 1 atom stereocenters. The lowest BCUT2D eigenvalue weighted by Crippen LogP contribution is -2.13. The smallest absolute Gasteiger partial charge is 0.0297 e. The van der Waals surface area contributed by atoms with Crippen LogP contribution in [0.15, 0.2) is 24.3 Å². The van der Waals surface area contributed by atoms with Crippen molar-refractivity contribution in [2.75, 3.05) is 0 Å². The van der Waals surface area contributed by atoms with E-state index in [9.17, 15) is 0 Å². The lowest BCUT2D eigenvalue weighted by molar-refractivity contribution is 0.582. The summed E-state index contributed by atoms with van der Waals surface area (Å²) in [5.41, 5.74) is 9.11. The second kappa shape index (κ2) is 4.21. The van der Waals surface area contributed by atoms with Crippen LogP contribution in [0, 0.1) is 5.92 Å². The fourth-order valence-corrected chi connectivity index (χ4v) is 2.08. The molecule has 0 heterocycles. The Morgan fingerprint density at radius 2 is 1.75 bits per heavy atom. The van der Waals surface area contributed by atoms with Gasteiger partial charge in [-0.3, -0.25) is 0 Å². The van der Waals surface area contributed by atoms with Gasteiger partial charge in [-0.15, -0.1) is 0 Å². The normalized spacial score (nSPS) is 18.5. The van der Waals surface area contributed by atoms with Crippen molar-refractivity contribution in [2.45, 2.75) is 51.5 Å². The molecule has 0 amide bonds. The minimum Gasteiger partial charge on any atom is -0.324 e. The molecule has 2 N–H and O–H groups in total. The van der Waals surface area contributed by atoms with E-state index in [1.54, 1.807) is 0 Å². The minimum atomic E-state index is 0.235. The average molecular weight is 217 g/mol. The van der Waals surface area contributed by atoms with Gasteiger partial charge in [-0.05, 0) is 28.9 Å². The van der Waals surface area contributed by atoms with Crippen LogP contribution in [0.3, 0.4) is 0 Å². The van der Waals surface area contributed by atoms with Crippen LogP contribution in [0.2, 0.25) is 0 Å². The van der Waals surface area contributed by atoms with Crippen molar-refractivity contribution < 1.29 is 0 Å². The third kappa shape index (κ3) is 2.85. The zero-order valence-corrected chi connectivity index (χ0v) is 10.7. The van der Waals surface area contributed by atoms with Crippen LogP contribution >= 0.6 is 0 Å². The van der Waals surface area contributed by atoms with Gasteiger partial charge >= 0.3 is 0 Å². The molecule has 0 aromatic heterocycles. The van der Waals surface area contributed by atoms with E-state index in [-0.39, 0.29) is 11.5 Å². The first-order valence-corrected chi connectivity index (χ1v) is 6.33. The fourth-order valence-electron chi connectivity index (χ4n) is 2.08. The number of rotatable bonds is 3. The van der Waals surface area contributed by atoms with Gasteiger partial charge in [-0.1, -0.05) is 57.9 Å². The van der Waals surface area contributed by atoms with Crippen LogP contribution in [0.25, 0.3) is 0 Å². The Morgan fingerprint density at radius 3 is 2.19 bits per heavy atom. The van der Waals surface area contributed by atoms with Crippen molar-refractivity contribution >= 4 is 0 Å². The van der Waals surface area contributed by atoms with Gasteiger partial charge in [0.1, 0.15) is 0 Å². The Kier molecular flexibility index (Phi) is 3.07. The summed E-state index contributed by atoms with van der Waals surface area (Å²) in [5, 5.41) is 0. The van der Waals surface area contributed by atoms with E-state index in [2.05, 4.69) is 45.0 Å². The summed E-state index contributed by atoms with van der Waals surface area (Å²) >= 11 is 0. The predicted octanol–water partition coefficient (Wildman–Crippen LogP) is 3.78. The molecule has 1 fully saturated rings. The van der Waals surface area contributed by atoms with E-state index in [0.717, 1.165) is 12.3 Å². The maximum absolute atomic E-state index is 6.20. The molecule has 1 heteroatoms. The summed E-state index contributed by atoms with van der Waals surface area (Å²) < 4.78 is 0.